The number of aromatic hydroxyl groups is 1. The third-order valence-corrected chi connectivity index (χ3v) is 4.04. The van der Waals surface area contributed by atoms with Crippen molar-refractivity contribution < 1.29 is 24.2 Å². The number of nitrogens with one attached hydrogen (secondary N) is 1. The topological polar surface area (TPSA) is 119 Å². The largest absolute Gasteiger partial charge is 0.508 e. The van der Waals surface area contributed by atoms with Gasteiger partial charge in [0, 0.05) is 4.90 Å². The molecule has 2 rings (SSSR count). The van der Waals surface area contributed by atoms with Crippen LogP contribution in [0.4, 0.5) is 5.69 Å². The highest BCUT2D eigenvalue weighted by Crippen LogP contribution is 2.26. The lowest BCUT2D eigenvalue weighted by Crippen LogP contribution is -2.21. The van der Waals surface area contributed by atoms with Crippen LogP contribution >= 0.6 is 11.8 Å². The van der Waals surface area contributed by atoms with E-state index in [1.807, 2.05) is 0 Å². The van der Waals surface area contributed by atoms with Gasteiger partial charge in [-0.1, -0.05) is 18.2 Å². The summed E-state index contributed by atoms with van der Waals surface area (Å²) in [6.45, 7) is -0.483. The standard InChI is InChI=1S/C17H16N2O5S/c18-15(21)10-25-14-7-2-1-6-13(14)19-16(22)9-24-17(23)11-4-3-5-12(20)8-11/h1-8,20H,9-10H2,(H2,18,21)(H,19,22). The molecular formula is C17H16N2O5S. The number of primary amides is 1. The first kappa shape index (κ1) is 18.3. The second-order valence-corrected chi connectivity index (χ2v) is 5.94. The highest BCUT2D eigenvalue weighted by Gasteiger charge is 2.12. The van der Waals surface area contributed by atoms with Crippen molar-refractivity contribution in [1.82, 2.24) is 0 Å². The Morgan fingerprint density at radius 3 is 2.60 bits per heavy atom. The molecule has 0 fully saturated rings. The van der Waals surface area contributed by atoms with Crippen molar-refractivity contribution in [3.05, 3.63) is 54.1 Å². The average Bonchev–Trinajstić information content (AvgIpc) is 2.59. The first-order valence-corrected chi connectivity index (χ1v) is 8.20. The van der Waals surface area contributed by atoms with Gasteiger partial charge in [-0.15, -0.1) is 11.8 Å². The molecule has 130 valence electrons. The molecule has 7 nitrogen and oxygen atoms in total. The molecule has 0 unspecified atom stereocenters. The zero-order valence-electron chi connectivity index (χ0n) is 13.1. The van der Waals surface area contributed by atoms with Gasteiger partial charge in [0.25, 0.3) is 5.91 Å². The number of para-hydroxylation sites is 1. The molecule has 2 aromatic rings. The lowest BCUT2D eigenvalue weighted by molar-refractivity contribution is -0.119. The molecule has 0 radical (unpaired) electrons. The Morgan fingerprint density at radius 2 is 1.88 bits per heavy atom. The van der Waals surface area contributed by atoms with Crippen LogP contribution in [-0.4, -0.2) is 35.2 Å². The second kappa shape index (κ2) is 8.74. The zero-order chi connectivity index (χ0) is 18.2. The summed E-state index contributed by atoms with van der Waals surface area (Å²) >= 11 is 1.20. The van der Waals surface area contributed by atoms with Gasteiger partial charge in [-0.25, -0.2) is 4.79 Å². The molecule has 0 spiro atoms. The van der Waals surface area contributed by atoms with Crippen molar-refractivity contribution in [2.75, 3.05) is 17.7 Å². The zero-order valence-corrected chi connectivity index (χ0v) is 13.9. The fourth-order valence-corrected chi connectivity index (χ4v) is 2.63. The molecule has 2 aromatic carbocycles. The maximum absolute atomic E-state index is 12.0. The van der Waals surface area contributed by atoms with Crippen molar-refractivity contribution in [1.29, 1.82) is 0 Å². The monoisotopic (exact) mass is 360 g/mol. The Balaban J connectivity index is 1.92. The molecular weight excluding hydrogens is 344 g/mol. The van der Waals surface area contributed by atoms with Gasteiger partial charge in [-0.2, -0.15) is 0 Å². The number of amides is 2. The van der Waals surface area contributed by atoms with Crippen LogP contribution in [0.2, 0.25) is 0 Å². The summed E-state index contributed by atoms with van der Waals surface area (Å²) in [5.74, 6) is -1.70. The van der Waals surface area contributed by atoms with Gasteiger partial charge in [0.2, 0.25) is 5.91 Å². The number of ether oxygens (including phenoxy) is 1. The van der Waals surface area contributed by atoms with Gasteiger partial charge in [0.1, 0.15) is 5.75 Å². The van der Waals surface area contributed by atoms with Crippen molar-refractivity contribution in [3.63, 3.8) is 0 Å². The highest BCUT2D eigenvalue weighted by molar-refractivity contribution is 8.00. The molecule has 0 saturated carbocycles. The lowest BCUT2D eigenvalue weighted by Gasteiger charge is -2.10. The summed E-state index contributed by atoms with van der Waals surface area (Å²) in [5.41, 5.74) is 5.75. The molecule has 0 aromatic heterocycles. The minimum atomic E-state index is -0.720. The average molecular weight is 360 g/mol. The van der Waals surface area contributed by atoms with Crippen LogP contribution in [0.15, 0.2) is 53.4 Å². The van der Waals surface area contributed by atoms with E-state index in [0.717, 1.165) is 0 Å². The molecule has 0 heterocycles. The molecule has 0 saturated heterocycles. The third kappa shape index (κ3) is 5.85. The molecule has 0 bridgehead atoms. The summed E-state index contributed by atoms with van der Waals surface area (Å²) in [6, 6.07) is 12.5. The Bertz CT molecular complexity index is 794. The van der Waals surface area contributed by atoms with Crippen molar-refractivity contribution >= 4 is 35.2 Å². The molecule has 0 aliphatic heterocycles. The smallest absolute Gasteiger partial charge is 0.338 e. The molecule has 0 aliphatic carbocycles. The lowest BCUT2D eigenvalue weighted by atomic mass is 10.2. The summed E-state index contributed by atoms with van der Waals surface area (Å²) in [6.07, 6.45) is 0. The first-order chi connectivity index (χ1) is 12.0. The number of phenols is 1. The van der Waals surface area contributed by atoms with Crippen LogP contribution in [-0.2, 0) is 14.3 Å². The van der Waals surface area contributed by atoms with Crippen LogP contribution in [0.3, 0.4) is 0 Å². The Labute approximate surface area is 148 Å². The molecule has 0 aliphatic rings. The van der Waals surface area contributed by atoms with E-state index in [4.69, 9.17) is 10.5 Å². The number of anilines is 1. The number of carbonyl (C=O) groups excluding carboxylic acids is 3. The first-order valence-electron chi connectivity index (χ1n) is 7.22. The van der Waals surface area contributed by atoms with E-state index in [1.54, 1.807) is 24.3 Å². The Kier molecular flexibility index (Phi) is 6.41. The van der Waals surface area contributed by atoms with E-state index in [0.29, 0.717) is 10.6 Å². The third-order valence-electron chi connectivity index (χ3n) is 2.95. The van der Waals surface area contributed by atoms with Gasteiger partial charge >= 0.3 is 5.97 Å². The summed E-state index contributed by atoms with van der Waals surface area (Å²) in [7, 11) is 0. The van der Waals surface area contributed by atoms with E-state index in [-0.39, 0.29) is 17.1 Å². The highest BCUT2D eigenvalue weighted by atomic mass is 32.2. The maximum atomic E-state index is 12.0. The van der Waals surface area contributed by atoms with Crippen molar-refractivity contribution in [2.45, 2.75) is 4.90 Å². The van der Waals surface area contributed by atoms with Gasteiger partial charge in [0.15, 0.2) is 6.61 Å². The number of thioether (sulfide) groups is 1. The summed E-state index contributed by atoms with van der Waals surface area (Å²) < 4.78 is 4.91. The molecule has 25 heavy (non-hydrogen) atoms. The molecule has 0 atom stereocenters. The van der Waals surface area contributed by atoms with Crippen LogP contribution in [0.5, 0.6) is 5.75 Å². The number of esters is 1. The van der Waals surface area contributed by atoms with Crippen molar-refractivity contribution in [3.8, 4) is 5.75 Å². The van der Waals surface area contributed by atoms with E-state index in [1.165, 1.54) is 36.0 Å². The number of hydrogen-bond acceptors (Lipinski definition) is 6. The maximum Gasteiger partial charge on any atom is 0.338 e. The number of nitrogens with two attached hydrogens (primary N) is 1. The van der Waals surface area contributed by atoms with Gasteiger partial charge in [0.05, 0.1) is 17.0 Å². The number of benzene rings is 2. The number of hydrogen-bond donors (Lipinski definition) is 3. The summed E-state index contributed by atoms with van der Waals surface area (Å²) in [4.78, 5) is 35.4. The summed E-state index contributed by atoms with van der Waals surface area (Å²) in [5, 5.41) is 11.9. The van der Waals surface area contributed by atoms with Crippen LogP contribution in [0.1, 0.15) is 10.4 Å². The van der Waals surface area contributed by atoms with Crippen molar-refractivity contribution in [2.24, 2.45) is 5.73 Å². The van der Waals surface area contributed by atoms with E-state index in [2.05, 4.69) is 5.32 Å². The van der Waals surface area contributed by atoms with Crippen LogP contribution < -0.4 is 11.1 Å². The quantitative estimate of drug-likeness (QED) is 0.511. The van der Waals surface area contributed by atoms with Gasteiger partial charge in [-0.05, 0) is 30.3 Å². The molecule has 8 heteroatoms. The number of phenolic OH excluding ortho intramolecular Hbond substituents is 1. The van der Waals surface area contributed by atoms with E-state index in [9.17, 15) is 19.5 Å². The fourth-order valence-electron chi connectivity index (χ4n) is 1.88. The predicted molar refractivity (Wildman–Crippen MR) is 93.4 cm³/mol. The van der Waals surface area contributed by atoms with Crippen LogP contribution in [0.25, 0.3) is 0 Å². The normalized spacial score (nSPS) is 10.1. The Morgan fingerprint density at radius 1 is 1.12 bits per heavy atom. The van der Waals surface area contributed by atoms with Gasteiger partial charge < -0.3 is 20.9 Å². The minimum absolute atomic E-state index is 0.0701. The number of rotatable bonds is 7. The second-order valence-electron chi connectivity index (χ2n) is 4.93. The Hall–Kier alpha value is -3.00. The number of carbonyl (C=O) groups is 3. The van der Waals surface area contributed by atoms with E-state index >= 15 is 0 Å². The molecule has 2 amide bonds. The fraction of sp³-hybridized carbons (Fsp3) is 0.118. The predicted octanol–water partition coefficient (Wildman–Crippen LogP) is 1.77. The van der Waals surface area contributed by atoms with Crippen LogP contribution in [0, 0.1) is 0 Å². The van der Waals surface area contributed by atoms with E-state index < -0.39 is 24.4 Å². The van der Waals surface area contributed by atoms with Gasteiger partial charge in [-0.3, -0.25) is 9.59 Å². The minimum Gasteiger partial charge on any atom is -0.508 e. The SMILES string of the molecule is NC(=O)CSc1ccccc1NC(=O)COC(=O)c1cccc(O)c1. The molecule has 4 N–H and O–H groups in total.